The zero-order valence-corrected chi connectivity index (χ0v) is 12.7. The van der Waals surface area contributed by atoms with Crippen LogP contribution in [0.5, 0.6) is 0 Å². The summed E-state index contributed by atoms with van der Waals surface area (Å²) >= 11 is 0. The first-order chi connectivity index (χ1) is 9.67. The second kappa shape index (κ2) is 5.41. The highest BCUT2D eigenvalue weighted by Gasteiger charge is 2.16. The van der Waals surface area contributed by atoms with Gasteiger partial charge in [-0.15, -0.1) is 0 Å². The first kappa shape index (κ1) is 13.4. The van der Waals surface area contributed by atoms with E-state index in [9.17, 15) is 0 Å². The Balaban J connectivity index is 2.01. The Labute approximate surface area is 122 Å². The lowest BCUT2D eigenvalue weighted by molar-refractivity contribution is 0.689. The number of benzene rings is 2. The molecule has 1 heteroatoms. The van der Waals surface area contributed by atoms with E-state index < -0.39 is 0 Å². The lowest BCUT2D eigenvalue weighted by atomic mass is 9.94. The second-order valence-corrected chi connectivity index (χ2v) is 6.02. The molecule has 1 atom stereocenters. The van der Waals surface area contributed by atoms with Crippen LogP contribution in [0.3, 0.4) is 0 Å². The number of hydrogen-bond donors (Lipinski definition) is 1. The van der Waals surface area contributed by atoms with Gasteiger partial charge in [-0.3, -0.25) is 0 Å². The summed E-state index contributed by atoms with van der Waals surface area (Å²) in [4.78, 5) is 0. The van der Waals surface area contributed by atoms with Gasteiger partial charge in [0, 0.05) is 0 Å². The zero-order valence-electron chi connectivity index (χ0n) is 12.7. The molecule has 20 heavy (non-hydrogen) atoms. The van der Waals surface area contributed by atoms with Gasteiger partial charge < -0.3 is 5.32 Å². The van der Waals surface area contributed by atoms with Crippen molar-refractivity contribution in [3.63, 3.8) is 0 Å². The number of aryl methyl sites for hydroxylation is 4. The van der Waals surface area contributed by atoms with Crippen LogP contribution in [0, 0.1) is 13.8 Å². The van der Waals surface area contributed by atoms with Gasteiger partial charge in [0.1, 0.15) is 0 Å². The van der Waals surface area contributed by atoms with Crippen molar-refractivity contribution in [3.05, 3.63) is 69.8 Å². The van der Waals surface area contributed by atoms with Crippen LogP contribution in [-0.2, 0) is 12.8 Å². The third-order valence-electron chi connectivity index (χ3n) is 4.32. The lowest BCUT2D eigenvalue weighted by Gasteiger charge is -2.19. The number of hydrogen-bond acceptors (Lipinski definition) is 1. The summed E-state index contributed by atoms with van der Waals surface area (Å²) in [5.74, 6) is 0. The number of fused-ring (bicyclic) bond motifs is 1. The van der Waals surface area contributed by atoms with Crippen LogP contribution in [0.25, 0.3) is 0 Å². The largest absolute Gasteiger partial charge is 0.309 e. The molecule has 1 aliphatic rings. The van der Waals surface area contributed by atoms with Crippen molar-refractivity contribution in [2.45, 2.75) is 39.2 Å². The van der Waals surface area contributed by atoms with Gasteiger partial charge in [0.15, 0.2) is 0 Å². The fraction of sp³-hybridized carbons (Fsp3) is 0.368. The molecule has 2 aromatic rings. The third kappa shape index (κ3) is 2.51. The Bertz CT molecular complexity index is 607. The van der Waals surface area contributed by atoms with Crippen LogP contribution in [-0.4, -0.2) is 7.05 Å². The molecule has 0 heterocycles. The second-order valence-electron chi connectivity index (χ2n) is 6.02. The quantitative estimate of drug-likeness (QED) is 0.881. The predicted molar refractivity (Wildman–Crippen MR) is 85.3 cm³/mol. The van der Waals surface area contributed by atoms with Crippen molar-refractivity contribution in [2.24, 2.45) is 0 Å². The molecule has 3 rings (SSSR count). The van der Waals surface area contributed by atoms with Crippen LogP contribution in [0.1, 0.15) is 45.8 Å². The summed E-state index contributed by atoms with van der Waals surface area (Å²) in [7, 11) is 2.05. The minimum Gasteiger partial charge on any atom is -0.309 e. The Hall–Kier alpha value is -1.60. The Kier molecular flexibility index (Phi) is 3.62. The number of nitrogens with one attached hydrogen (secondary N) is 1. The predicted octanol–water partition coefficient (Wildman–Crippen LogP) is 4.10. The van der Waals surface area contributed by atoms with Gasteiger partial charge in [-0.2, -0.15) is 0 Å². The van der Waals surface area contributed by atoms with Crippen molar-refractivity contribution in [3.8, 4) is 0 Å². The molecule has 0 saturated heterocycles. The topological polar surface area (TPSA) is 12.0 Å². The van der Waals surface area contributed by atoms with Crippen LogP contribution in [0.2, 0.25) is 0 Å². The molecule has 0 aromatic heterocycles. The molecular formula is C19H23N. The minimum atomic E-state index is 0.291. The third-order valence-corrected chi connectivity index (χ3v) is 4.32. The van der Waals surface area contributed by atoms with E-state index in [4.69, 9.17) is 0 Å². The molecule has 1 aliphatic carbocycles. The lowest BCUT2D eigenvalue weighted by Crippen LogP contribution is -2.18. The highest BCUT2D eigenvalue weighted by atomic mass is 14.9. The van der Waals surface area contributed by atoms with Crippen molar-refractivity contribution >= 4 is 0 Å². The average molecular weight is 265 g/mol. The smallest absolute Gasteiger partial charge is 0.0574 e. The van der Waals surface area contributed by atoms with E-state index in [0.29, 0.717) is 6.04 Å². The molecule has 0 saturated carbocycles. The maximum atomic E-state index is 3.48. The van der Waals surface area contributed by atoms with E-state index in [0.717, 1.165) is 0 Å². The molecule has 0 amide bonds. The monoisotopic (exact) mass is 265 g/mol. The van der Waals surface area contributed by atoms with Gasteiger partial charge in [0.2, 0.25) is 0 Å². The van der Waals surface area contributed by atoms with Gasteiger partial charge in [-0.25, -0.2) is 0 Å². The highest BCUT2D eigenvalue weighted by molar-refractivity contribution is 5.41. The summed E-state index contributed by atoms with van der Waals surface area (Å²) in [6, 6.07) is 14.1. The standard InChI is InChI=1S/C19H23N/c1-13-9-14(2)11-18(10-13)19(20-3)17-8-7-15-5-4-6-16(15)12-17/h7-12,19-20H,4-6H2,1-3H3. The average Bonchev–Trinajstić information content (AvgIpc) is 2.86. The Morgan fingerprint density at radius 2 is 1.55 bits per heavy atom. The normalized spacial score (nSPS) is 15.2. The molecule has 2 aromatic carbocycles. The van der Waals surface area contributed by atoms with E-state index in [1.54, 1.807) is 11.1 Å². The molecule has 0 fully saturated rings. The van der Waals surface area contributed by atoms with Gasteiger partial charge >= 0.3 is 0 Å². The van der Waals surface area contributed by atoms with E-state index in [-0.39, 0.29) is 0 Å². The SMILES string of the molecule is CNC(c1cc(C)cc(C)c1)c1ccc2c(c1)CCC2. The molecule has 1 unspecified atom stereocenters. The number of rotatable bonds is 3. The first-order valence-electron chi connectivity index (χ1n) is 7.54. The summed E-state index contributed by atoms with van der Waals surface area (Å²) in [5.41, 5.74) is 8.51. The van der Waals surface area contributed by atoms with Crippen LogP contribution < -0.4 is 5.32 Å². The van der Waals surface area contributed by atoms with Crippen molar-refractivity contribution in [1.29, 1.82) is 0 Å². The molecule has 0 bridgehead atoms. The van der Waals surface area contributed by atoms with E-state index in [1.165, 1.54) is 41.5 Å². The maximum Gasteiger partial charge on any atom is 0.0574 e. The van der Waals surface area contributed by atoms with Gasteiger partial charge in [-0.1, -0.05) is 47.5 Å². The molecule has 1 nitrogen and oxygen atoms in total. The van der Waals surface area contributed by atoms with Crippen molar-refractivity contribution in [1.82, 2.24) is 5.32 Å². The molecule has 1 N–H and O–H groups in total. The van der Waals surface area contributed by atoms with E-state index >= 15 is 0 Å². The fourth-order valence-electron chi connectivity index (χ4n) is 3.47. The van der Waals surface area contributed by atoms with Crippen LogP contribution >= 0.6 is 0 Å². The fourth-order valence-corrected chi connectivity index (χ4v) is 3.47. The minimum absolute atomic E-state index is 0.291. The summed E-state index contributed by atoms with van der Waals surface area (Å²) in [5, 5.41) is 3.48. The highest BCUT2D eigenvalue weighted by Crippen LogP contribution is 2.29. The molecule has 0 spiro atoms. The van der Waals surface area contributed by atoms with E-state index in [1.807, 2.05) is 0 Å². The van der Waals surface area contributed by atoms with Crippen LogP contribution in [0.15, 0.2) is 36.4 Å². The van der Waals surface area contributed by atoms with Crippen molar-refractivity contribution < 1.29 is 0 Å². The zero-order chi connectivity index (χ0) is 14.1. The Morgan fingerprint density at radius 3 is 2.25 bits per heavy atom. The summed E-state index contributed by atoms with van der Waals surface area (Å²) < 4.78 is 0. The van der Waals surface area contributed by atoms with Gasteiger partial charge in [0.05, 0.1) is 6.04 Å². The first-order valence-corrected chi connectivity index (χ1v) is 7.54. The molecular weight excluding hydrogens is 242 g/mol. The molecule has 104 valence electrons. The van der Waals surface area contributed by atoms with Gasteiger partial charge in [-0.05, 0) is 62.4 Å². The van der Waals surface area contributed by atoms with Gasteiger partial charge in [0.25, 0.3) is 0 Å². The van der Waals surface area contributed by atoms with E-state index in [2.05, 4.69) is 62.6 Å². The molecule has 0 aliphatic heterocycles. The summed E-state index contributed by atoms with van der Waals surface area (Å²) in [6.45, 7) is 4.35. The van der Waals surface area contributed by atoms with Crippen LogP contribution in [0.4, 0.5) is 0 Å². The van der Waals surface area contributed by atoms with Crippen molar-refractivity contribution in [2.75, 3.05) is 7.05 Å². The maximum absolute atomic E-state index is 3.48. The molecule has 0 radical (unpaired) electrons. The Morgan fingerprint density at radius 1 is 0.850 bits per heavy atom. The summed E-state index contributed by atoms with van der Waals surface area (Å²) in [6.07, 6.45) is 3.81.